The van der Waals surface area contributed by atoms with E-state index in [0.717, 1.165) is 0 Å². The molecule has 1 rings (SSSR count). The fourth-order valence-corrected chi connectivity index (χ4v) is 1.18. The van der Waals surface area contributed by atoms with Gasteiger partial charge in [-0.15, -0.1) is 0 Å². The van der Waals surface area contributed by atoms with Crippen LogP contribution in [0.4, 0.5) is 0 Å². The molecule has 1 aromatic rings. The van der Waals surface area contributed by atoms with Crippen molar-refractivity contribution in [3.8, 4) is 5.75 Å². The van der Waals surface area contributed by atoms with E-state index in [4.69, 9.17) is 9.15 Å². The molecule has 0 radical (unpaired) electrons. The number of ether oxygens (including phenoxy) is 1. The van der Waals surface area contributed by atoms with Gasteiger partial charge >= 0.3 is 5.63 Å². The molecular weight excluding hydrogens is 196 g/mol. The minimum absolute atomic E-state index is 0.201. The van der Waals surface area contributed by atoms with E-state index in [2.05, 4.69) is 6.58 Å². The van der Waals surface area contributed by atoms with Crippen molar-refractivity contribution in [1.29, 1.82) is 0 Å². The molecule has 0 aliphatic rings. The summed E-state index contributed by atoms with van der Waals surface area (Å²) >= 11 is 0. The Bertz CT molecular complexity index is 486. The number of methoxy groups -OCH3 is 1. The number of hydrogen-bond acceptors (Lipinski definition) is 4. The second kappa shape index (κ2) is 4.79. The summed E-state index contributed by atoms with van der Waals surface area (Å²) in [6, 6.07) is 1.23. The van der Waals surface area contributed by atoms with Crippen LogP contribution in [-0.4, -0.2) is 18.3 Å². The van der Waals surface area contributed by atoms with Crippen molar-refractivity contribution in [3.63, 3.8) is 0 Å². The highest BCUT2D eigenvalue weighted by Gasteiger charge is 2.02. The van der Waals surface area contributed by atoms with Crippen LogP contribution in [0, 0.1) is 0 Å². The Morgan fingerprint density at radius 1 is 1.73 bits per heavy atom. The quantitative estimate of drug-likeness (QED) is 0.738. The maximum Gasteiger partial charge on any atom is 0.339 e. The molecule has 1 heterocycles. The molecule has 0 aromatic carbocycles. The van der Waals surface area contributed by atoms with Gasteiger partial charge in [0, 0.05) is 0 Å². The lowest BCUT2D eigenvalue weighted by Crippen LogP contribution is -2.30. The zero-order valence-electron chi connectivity index (χ0n) is 8.82. The second-order valence-electron chi connectivity index (χ2n) is 3.11. The summed E-state index contributed by atoms with van der Waals surface area (Å²) in [7, 11) is 1.45. The molecular formula is C11H14O4. The number of rotatable bonds is 3. The van der Waals surface area contributed by atoms with Gasteiger partial charge in [-0.05, 0) is 12.5 Å². The van der Waals surface area contributed by atoms with Gasteiger partial charge in [-0.2, -0.15) is 0 Å². The number of hydrogen-bond donors (Lipinski definition) is 1. The Morgan fingerprint density at radius 2 is 2.40 bits per heavy atom. The molecule has 1 N–H and O–H groups in total. The first kappa shape index (κ1) is 11.5. The first-order valence-corrected chi connectivity index (χ1v) is 4.65. The van der Waals surface area contributed by atoms with Crippen molar-refractivity contribution >= 4 is 12.7 Å². The van der Waals surface area contributed by atoms with Crippen molar-refractivity contribution in [2.45, 2.75) is 19.4 Å². The lowest BCUT2D eigenvalue weighted by molar-refractivity contribution is 0.233. The summed E-state index contributed by atoms with van der Waals surface area (Å²) in [4.78, 5) is 11.0. The van der Waals surface area contributed by atoms with E-state index in [0.29, 0.717) is 17.4 Å². The monoisotopic (exact) mass is 210 g/mol. The van der Waals surface area contributed by atoms with Crippen LogP contribution in [0.5, 0.6) is 5.75 Å². The average molecular weight is 210 g/mol. The lowest BCUT2D eigenvalue weighted by Gasteiger charge is -2.03. The van der Waals surface area contributed by atoms with Gasteiger partial charge in [0.15, 0.2) is 0 Å². The minimum atomic E-state index is -0.605. The predicted molar refractivity (Wildman–Crippen MR) is 57.1 cm³/mol. The highest BCUT2D eigenvalue weighted by molar-refractivity contribution is 5.35. The van der Waals surface area contributed by atoms with Crippen LogP contribution in [0.1, 0.15) is 13.3 Å². The van der Waals surface area contributed by atoms with Gasteiger partial charge in [0.1, 0.15) is 11.2 Å². The number of aliphatic hydroxyl groups excluding tert-OH is 1. The molecule has 4 nitrogen and oxygen atoms in total. The SMILES string of the molecule is C=c1oc(=O)cc(OC)c1=CC(O)CC. The molecule has 0 bridgehead atoms. The normalized spacial score (nSPS) is 13.9. The third-order valence-corrected chi connectivity index (χ3v) is 2.04. The van der Waals surface area contributed by atoms with Crippen LogP contribution in [0.25, 0.3) is 12.7 Å². The number of aliphatic hydroxyl groups is 1. The molecule has 4 heteroatoms. The maximum absolute atomic E-state index is 11.0. The predicted octanol–water partition coefficient (Wildman–Crippen LogP) is -0.390. The fourth-order valence-electron chi connectivity index (χ4n) is 1.18. The Balaban J connectivity index is 3.46. The second-order valence-corrected chi connectivity index (χ2v) is 3.11. The van der Waals surface area contributed by atoms with Gasteiger partial charge in [0.05, 0.1) is 24.5 Å². The zero-order valence-corrected chi connectivity index (χ0v) is 8.82. The minimum Gasteiger partial charge on any atom is -0.496 e. The molecule has 1 unspecified atom stereocenters. The van der Waals surface area contributed by atoms with Crippen LogP contribution in [0.15, 0.2) is 15.3 Å². The summed E-state index contributed by atoms with van der Waals surface area (Å²) < 4.78 is 9.82. The van der Waals surface area contributed by atoms with E-state index in [1.165, 1.54) is 13.2 Å². The Hall–Kier alpha value is -1.55. The molecule has 82 valence electrons. The largest absolute Gasteiger partial charge is 0.496 e. The zero-order chi connectivity index (χ0) is 11.4. The van der Waals surface area contributed by atoms with Gasteiger partial charge in [-0.3, -0.25) is 0 Å². The molecule has 0 amide bonds. The standard InChI is InChI=1S/C11H14O4/c1-4-8(12)5-9-7(2)15-11(13)6-10(9)14-3/h5-6,8,12H,2,4H2,1,3H3. The lowest BCUT2D eigenvalue weighted by atomic mass is 10.2. The fraction of sp³-hybridized carbons (Fsp3) is 0.364. The Labute approximate surface area is 87.1 Å². The van der Waals surface area contributed by atoms with Crippen molar-refractivity contribution in [2.75, 3.05) is 7.11 Å². The van der Waals surface area contributed by atoms with Gasteiger partial charge in [0.2, 0.25) is 0 Å². The van der Waals surface area contributed by atoms with Crippen LogP contribution in [-0.2, 0) is 0 Å². The molecule has 0 saturated heterocycles. The third kappa shape index (κ3) is 2.70. The molecule has 0 aliphatic carbocycles. The summed E-state index contributed by atoms with van der Waals surface area (Å²) in [5, 5.41) is 9.99. The summed E-state index contributed by atoms with van der Waals surface area (Å²) in [5.74, 6) is 0.365. The topological polar surface area (TPSA) is 59.7 Å². The van der Waals surface area contributed by atoms with Crippen LogP contribution < -0.4 is 21.0 Å². The van der Waals surface area contributed by atoms with Crippen molar-refractivity contribution in [2.24, 2.45) is 0 Å². The average Bonchev–Trinajstić information content (AvgIpc) is 2.21. The first-order chi connectivity index (χ1) is 7.08. The molecule has 0 spiro atoms. The molecule has 0 saturated carbocycles. The van der Waals surface area contributed by atoms with E-state index < -0.39 is 11.7 Å². The highest BCUT2D eigenvalue weighted by atomic mass is 16.5. The van der Waals surface area contributed by atoms with Crippen LogP contribution in [0.3, 0.4) is 0 Å². The Kier molecular flexibility index (Phi) is 3.68. The van der Waals surface area contributed by atoms with Gasteiger partial charge in [-0.25, -0.2) is 4.79 Å². The van der Waals surface area contributed by atoms with Crippen molar-refractivity contribution in [1.82, 2.24) is 0 Å². The van der Waals surface area contributed by atoms with Crippen LogP contribution in [0.2, 0.25) is 0 Å². The van der Waals surface area contributed by atoms with E-state index in [9.17, 15) is 9.90 Å². The van der Waals surface area contributed by atoms with E-state index in [1.807, 2.05) is 6.92 Å². The molecule has 15 heavy (non-hydrogen) atoms. The molecule has 0 aliphatic heterocycles. The van der Waals surface area contributed by atoms with Crippen molar-refractivity contribution < 1.29 is 14.3 Å². The smallest absolute Gasteiger partial charge is 0.339 e. The summed E-state index contributed by atoms with van der Waals surface area (Å²) in [6.45, 7) is 5.43. The first-order valence-electron chi connectivity index (χ1n) is 4.65. The van der Waals surface area contributed by atoms with Gasteiger partial charge in [-0.1, -0.05) is 13.5 Å². The third-order valence-electron chi connectivity index (χ3n) is 2.04. The van der Waals surface area contributed by atoms with E-state index in [-0.39, 0.29) is 5.42 Å². The summed E-state index contributed by atoms with van der Waals surface area (Å²) in [5.41, 5.74) is -0.313. The van der Waals surface area contributed by atoms with E-state index in [1.54, 1.807) is 6.08 Å². The van der Waals surface area contributed by atoms with Crippen molar-refractivity contribution in [3.05, 3.63) is 27.1 Å². The van der Waals surface area contributed by atoms with Gasteiger partial charge in [0.25, 0.3) is 0 Å². The molecule has 1 atom stereocenters. The van der Waals surface area contributed by atoms with Crippen LogP contribution >= 0.6 is 0 Å². The maximum atomic E-state index is 11.0. The highest BCUT2D eigenvalue weighted by Crippen LogP contribution is 1.97. The summed E-state index contributed by atoms with van der Waals surface area (Å²) in [6.07, 6.45) is 1.53. The van der Waals surface area contributed by atoms with E-state index >= 15 is 0 Å². The molecule has 0 fully saturated rings. The Morgan fingerprint density at radius 3 is 2.93 bits per heavy atom. The molecule has 1 aromatic heterocycles. The van der Waals surface area contributed by atoms with Gasteiger partial charge < -0.3 is 14.3 Å².